The Bertz CT molecular complexity index is 1930. The van der Waals surface area contributed by atoms with Gasteiger partial charge in [-0.05, 0) is 125 Å². The van der Waals surface area contributed by atoms with Crippen LogP contribution in [0.5, 0.6) is 0 Å². The summed E-state index contributed by atoms with van der Waals surface area (Å²) in [5.41, 5.74) is 4.52. The van der Waals surface area contributed by atoms with E-state index in [-0.39, 0.29) is 22.0 Å². The maximum Gasteiger partial charge on any atom is 0.254 e. The Kier molecular flexibility index (Phi) is 8.25. The Morgan fingerprint density at radius 3 is 2.34 bits per heavy atom. The first-order chi connectivity index (χ1) is 22.4. The van der Waals surface area contributed by atoms with E-state index >= 15 is 0 Å². The summed E-state index contributed by atoms with van der Waals surface area (Å²) in [6.07, 6.45) is 6.90. The van der Waals surface area contributed by atoms with Gasteiger partial charge in [0.2, 0.25) is 10.0 Å². The number of imidazole rings is 1. The third-order valence-corrected chi connectivity index (χ3v) is 12.5. The number of primary sulfonamides is 1. The number of amides is 1. The molecule has 7 rings (SSSR count). The predicted octanol–water partition coefficient (Wildman–Crippen LogP) is 6.18. The first-order valence-electron chi connectivity index (χ1n) is 16.8. The number of rotatable bonds is 7. The Morgan fingerprint density at radius 1 is 0.957 bits per heavy atom. The molecule has 3 aliphatic rings. The molecule has 4 aromatic rings. The Balaban J connectivity index is 1.09. The van der Waals surface area contributed by atoms with E-state index in [9.17, 15) is 17.6 Å². The largest absolute Gasteiger partial charge is 0.339 e. The van der Waals surface area contributed by atoms with E-state index in [0.717, 1.165) is 48.3 Å². The molecule has 0 radical (unpaired) electrons. The number of fused-ring (bicyclic) bond motifs is 3. The fourth-order valence-electron chi connectivity index (χ4n) is 9.05. The topological polar surface area (TPSA) is 102 Å². The lowest BCUT2D eigenvalue weighted by molar-refractivity contribution is 0.0605. The van der Waals surface area contributed by atoms with E-state index in [1.807, 2.05) is 24.0 Å². The van der Waals surface area contributed by atoms with Gasteiger partial charge in [-0.2, -0.15) is 0 Å². The SMILES string of the molecule is Cc1ccc(S(N)(=O)=O)c(C)c1C(=O)N1CCC(CCN2[C@@H]3CC[C@H]2CC(n2c(C)nc4ccccc42)C3)(c2cccc(F)c2)CC1. The summed E-state index contributed by atoms with van der Waals surface area (Å²) < 4.78 is 41.5. The second-order valence-electron chi connectivity index (χ2n) is 14.0. The summed E-state index contributed by atoms with van der Waals surface area (Å²) in [7, 11) is -3.96. The minimum Gasteiger partial charge on any atom is -0.339 e. The number of nitrogens with two attached hydrogens (primary N) is 1. The second kappa shape index (κ2) is 12.1. The van der Waals surface area contributed by atoms with Gasteiger partial charge in [0.15, 0.2) is 0 Å². The van der Waals surface area contributed by atoms with Crippen molar-refractivity contribution < 1.29 is 17.6 Å². The van der Waals surface area contributed by atoms with Crippen LogP contribution >= 0.6 is 0 Å². The lowest BCUT2D eigenvalue weighted by Crippen LogP contribution is -2.49. The number of hydrogen-bond donors (Lipinski definition) is 1. The number of likely N-dealkylation sites (tertiary alicyclic amines) is 1. The van der Waals surface area contributed by atoms with E-state index in [0.29, 0.717) is 55.2 Å². The summed E-state index contributed by atoms with van der Waals surface area (Å²) >= 11 is 0. The van der Waals surface area contributed by atoms with Crippen LogP contribution in [0.2, 0.25) is 0 Å². The van der Waals surface area contributed by atoms with Crippen molar-refractivity contribution in [3.05, 3.63) is 94.6 Å². The van der Waals surface area contributed by atoms with Crippen LogP contribution < -0.4 is 5.14 Å². The van der Waals surface area contributed by atoms with Crippen molar-refractivity contribution in [1.82, 2.24) is 19.4 Å². The van der Waals surface area contributed by atoms with Gasteiger partial charge in [0.1, 0.15) is 11.6 Å². The number of halogens is 1. The van der Waals surface area contributed by atoms with E-state index in [4.69, 9.17) is 10.1 Å². The summed E-state index contributed by atoms with van der Waals surface area (Å²) in [4.78, 5) is 23.2. The average molecular weight is 658 g/mol. The van der Waals surface area contributed by atoms with Crippen LogP contribution in [0.15, 0.2) is 65.6 Å². The molecule has 0 aliphatic carbocycles. The van der Waals surface area contributed by atoms with Crippen molar-refractivity contribution >= 4 is 27.0 Å². The van der Waals surface area contributed by atoms with Gasteiger partial charge in [0, 0.05) is 36.8 Å². The van der Waals surface area contributed by atoms with Crippen molar-refractivity contribution in [3.63, 3.8) is 0 Å². The molecule has 3 saturated heterocycles. The molecule has 0 spiro atoms. The quantitative estimate of drug-likeness (QED) is 0.256. The van der Waals surface area contributed by atoms with Crippen LogP contribution in [0, 0.1) is 26.6 Å². The van der Waals surface area contributed by atoms with Gasteiger partial charge in [0.25, 0.3) is 5.91 Å². The first kappa shape index (κ1) is 32.0. The molecule has 3 atom stereocenters. The number of nitrogens with zero attached hydrogens (tertiary/aromatic N) is 4. The minimum atomic E-state index is -3.96. The Morgan fingerprint density at radius 2 is 1.66 bits per heavy atom. The van der Waals surface area contributed by atoms with Crippen molar-refractivity contribution in [3.8, 4) is 0 Å². The smallest absolute Gasteiger partial charge is 0.254 e. The summed E-state index contributed by atoms with van der Waals surface area (Å²) in [5.74, 6) is 0.660. The summed E-state index contributed by atoms with van der Waals surface area (Å²) in [5, 5.41) is 5.46. The fraction of sp³-hybridized carbons (Fsp3) is 0.459. The van der Waals surface area contributed by atoms with Crippen LogP contribution in [0.4, 0.5) is 4.39 Å². The molecule has 1 unspecified atom stereocenters. The monoisotopic (exact) mass is 657 g/mol. The normalized spacial score (nSPS) is 23.0. The van der Waals surface area contributed by atoms with Gasteiger partial charge in [-0.15, -0.1) is 0 Å². The lowest BCUT2D eigenvalue weighted by Gasteiger charge is -2.46. The van der Waals surface area contributed by atoms with E-state index < -0.39 is 10.0 Å². The summed E-state index contributed by atoms with van der Waals surface area (Å²) in [6, 6.07) is 20.0. The number of hydrogen-bond acceptors (Lipinski definition) is 5. The predicted molar refractivity (Wildman–Crippen MR) is 181 cm³/mol. The van der Waals surface area contributed by atoms with Crippen LogP contribution in [-0.2, 0) is 15.4 Å². The Hall–Kier alpha value is -3.60. The zero-order chi connectivity index (χ0) is 33.1. The fourth-order valence-corrected chi connectivity index (χ4v) is 9.84. The molecular weight excluding hydrogens is 614 g/mol. The first-order valence-corrected chi connectivity index (χ1v) is 18.4. The van der Waals surface area contributed by atoms with E-state index in [1.165, 1.54) is 30.5 Å². The molecule has 10 heteroatoms. The molecule has 8 nitrogen and oxygen atoms in total. The van der Waals surface area contributed by atoms with Crippen molar-refractivity contribution in [2.24, 2.45) is 5.14 Å². The molecule has 2 bridgehead atoms. The highest BCUT2D eigenvalue weighted by atomic mass is 32.2. The van der Waals surface area contributed by atoms with Crippen LogP contribution in [0.3, 0.4) is 0 Å². The van der Waals surface area contributed by atoms with Gasteiger partial charge >= 0.3 is 0 Å². The Labute approximate surface area is 276 Å². The average Bonchev–Trinajstić information content (AvgIpc) is 3.49. The summed E-state index contributed by atoms with van der Waals surface area (Å²) in [6.45, 7) is 7.54. The van der Waals surface area contributed by atoms with Gasteiger partial charge in [-0.25, -0.2) is 22.9 Å². The molecule has 3 aliphatic heterocycles. The van der Waals surface area contributed by atoms with Crippen LogP contribution in [0.25, 0.3) is 11.0 Å². The number of aryl methyl sites for hydroxylation is 2. The third-order valence-electron chi connectivity index (χ3n) is 11.4. The number of carbonyl (C=O) groups excluding carboxylic acids is 1. The highest BCUT2D eigenvalue weighted by Gasteiger charge is 2.44. The van der Waals surface area contributed by atoms with Crippen LogP contribution in [0.1, 0.15) is 83.9 Å². The van der Waals surface area contributed by atoms with Gasteiger partial charge in [-0.1, -0.05) is 30.3 Å². The van der Waals surface area contributed by atoms with Gasteiger partial charge in [-0.3, -0.25) is 9.69 Å². The molecule has 248 valence electrons. The number of sulfonamides is 1. The lowest BCUT2D eigenvalue weighted by atomic mass is 9.70. The minimum absolute atomic E-state index is 0.0210. The van der Waals surface area contributed by atoms with Crippen molar-refractivity contribution in [1.29, 1.82) is 0 Å². The van der Waals surface area contributed by atoms with Crippen molar-refractivity contribution in [2.75, 3.05) is 19.6 Å². The number of benzene rings is 3. The van der Waals surface area contributed by atoms with Crippen LogP contribution in [-0.4, -0.2) is 65.4 Å². The zero-order valence-corrected chi connectivity index (χ0v) is 28.3. The van der Waals surface area contributed by atoms with Gasteiger partial charge in [0.05, 0.1) is 15.9 Å². The molecule has 1 aromatic heterocycles. The van der Waals surface area contributed by atoms with E-state index in [2.05, 4.69) is 34.6 Å². The highest BCUT2D eigenvalue weighted by molar-refractivity contribution is 7.89. The maximum atomic E-state index is 14.6. The number of carbonyl (C=O) groups is 1. The maximum absolute atomic E-state index is 14.6. The molecule has 2 N–H and O–H groups in total. The molecule has 4 heterocycles. The standard InChI is InChI=1S/C37H44FN5O3S/c1-24-11-14-34(47(39,45)46)25(2)35(24)36(44)41-18-15-37(16-19-41,27-7-6-8-28(38)21-27)17-20-42-29-12-13-30(42)23-31(22-29)43-26(3)40-32-9-4-5-10-33(32)43/h4-11,14,21,29-31H,12-13,15-20,22-23H2,1-3H3,(H2,39,45,46)/t29-,30+,31?. The molecule has 3 aromatic carbocycles. The molecule has 3 fully saturated rings. The number of para-hydroxylation sites is 2. The second-order valence-corrected chi connectivity index (χ2v) is 15.6. The number of piperidine rings is 2. The zero-order valence-electron chi connectivity index (χ0n) is 27.5. The van der Waals surface area contributed by atoms with Gasteiger partial charge < -0.3 is 9.47 Å². The molecule has 0 saturated carbocycles. The molecule has 47 heavy (non-hydrogen) atoms. The third kappa shape index (κ3) is 5.78. The van der Waals surface area contributed by atoms with Crippen molar-refractivity contribution in [2.45, 2.75) is 94.2 Å². The van der Waals surface area contributed by atoms with E-state index in [1.54, 1.807) is 25.1 Å². The highest BCUT2D eigenvalue weighted by Crippen LogP contribution is 2.45. The number of aromatic nitrogens is 2. The molecular formula is C37H44FN5O3S. The molecule has 1 amide bonds.